The van der Waals surface area contributed by atoms with Gasteiger partial charge in [0.15, 0.2) is 0 Å². The molecule has 4 nitrogen and oxygen atoms in total. The highest BCUT2D eigenvalue weighted by atomic mass is 16.5. The van der Waals surface area contributed by atoms with Gasteiger partial charge in [0.05, 0.1) is 14.2 Å². The molecule has 1 aromatic carbocycles. The molecule has 0 aliphatic heterocycles. The Balaban J connectivity index is 2.73. The van der Waals surface area contributed by atoms with E-state index in [-0.39, 0.29) is 0 Å². The fourth-order valence-corrected chi connectivity index (χ4v) is 1.08. The van der Waals surface area contributed by atoms with E-state index in [9.17, 15) is 9.59 Å². The molecule has 0 bridgehead atoms. The number of benzene rings is 1. The van der Waals surface area contributed by atoms with Gasteiger partial charge in [-0.05, 0) is 23.8 Å². The highest BCUT2D eigenvalue weighted by Gasteiger charge is 1.93. The van der Waals surface area contributed by atoms with E-state index in [1.165, 1.54) is 20.3 Å². The Morgan fingerprint density at radius 3 is 2.33 bits per heavy atom. The number of rotatable bonds is 2. The third kappa shape index (κ3) is 4.54. The molecule has 0 saturated heterocycles. The van der Waals surface area contributed by atoms with Crippen molar-refractivity contribution in [3.8, 4) is 11.8 Å². The maximum absolute atomic E-state index is 10.9. The number of methoxy groups -OCH3 is 2. The Labute approximate surface area is 105 Å². The van der Waals surface area contributed by atoms with E-state index in [1.807, 2.05) is 0 Å². The van der Waals surface area contributed by atoms with E-state index in [1.54, 1.807) is 30.3 Å². The van der Waals surface area contributed by atoms with Gasteiger partial charge in [-0.15, -0.1) is 0 Å². The SMILES string of the molecule is COC(=O)C#Cc1ccc(/C=C/C(=O)OC)cc1. The zero-order chi connectivity index (χ0) is 13.4. The molecule has 1 rings (SSSR count). The van der Waals surface area contributed by atoms with Crippen molar-refractivity contribution in [1.29, 1.82) is 0 Å². The van der Waals surface area contributed by atoms with E-state index in [0.29, 0.717) is 5.56 Å². The summed E-state index contributed by atoms with van der Waals surface area (Å²) < 4.78 is 8.87. The van der Waals surface area contributed by atoms with E-state index in [2.05, 4.69) is 21.3 Å². The molecule has 18 heavy (non-hydrogen) atoms. The van der Waals surface area contributed by atoms with Gasteiger partial charge in [0.1, 0.15) is 0 Å². The van der Waals surface area contributed by atoms with E-state index >= 15 is 0 Å². The molecule has 4 heteroatoms. The fraction of sp³-hybridized carbons (Fsp3) is 0.143. The fourth-order valence-electron chi connectivity index (χ4n) is 1.08. The molecule has 0 aromatic heterocycles. The van der Waals surface area contributed by atoms with Crippen LogP contribution in [0.1, 0.15) is 11.1 Å². The van der Waals surface area contributed by atoms with Crippen molar-refractivity contribution in [2.75, 3.05) is 14.2 Å². The number of carbonyl (C=O) groups excluding carboxylic acids is 2. The van der Waals surface area contributed by atoms with Crippen LogP contribution >= 0.6 is 0 Å². The van der Waals surface area contributed by atoms with Crippen molar-refractivity contribution in [3.63, 3.8) is 0 Å². The van der Waals surface area contributed by atoms with Crippen molar-refractivity contribution in [2.24, 2.45) is 0 Å². The quantitative estimate of drug-likeness (QED) is 0.448. The Morgan fingerprint density at radius 2 is 1.78 bits per heavy atom. The van der Waals surface area contributed by atoms with Gasteiger partial charge in [-0.25, -0.2) is 9.59 Å². The minimum absolute atomic E-state index is 0.412. The lowest BCUT2D eigenvalue weighted by atomic mass is 10.1. The Hall–Kier alpha value is -2.54. The second-order valence-electron chi connectivity index (χ2n) is 3.22. The Kier molecular flexibility index (Phi) is 5.20. The van der Waals surface area contributed by atoms with Crippen LogP contribution in [0.4, 0.5) is 0 Å². The van der Waals surface area contributed by atoms with Gasteiger partial charge in [-0.3, -0.25) is 0 Å². The zero-order valence-corrected chi connectivity index (χ0v) is 10.1. The second-order valence-corrected chi connectivity index (χ2v) is 3.22. The summed E-state index contributed by atoms with van der Waals surface area (Å²) in [5, 5.41) is 0. The van der Waals surface area contributed by atoms with E-state index in [4.69, 9.17) is 0 Å². The molecule has 0 aliphatic rings. The van der Waals surface area contributed by atoms with Crippen molar-refractivity contribution in [1.82, 2.24) is 0 Å². The minimum Gasteiger partial charge on any atom is -0.466 e. The molecule has 0 heterocycles. The van der Waals surface area contributed by atoms with Crippen LogP contribution in [0.3, 0.4) is 0 Å². The number of hydrogen-bond donors (Lipinski definition) is 0. The maximum Gasteiger partial charge on any atom is 0.384 e. The summed E-state index contributed by atoms with van der Waals surface area (Å²) in [6, 6.07) is 7.04. The summed E-state index contributed by atoms with van der Waals surface area (Å²) in [4.78, 5) is 21.7. The first-order valence-corrected chi connectivity index (χ1v) is 5.12. The summed E-state index contributed by atoms with van der Waals surface area (Å²) in [6.45, 7) is 0. The van der Waals surface area contributed by atoms with Crippen molar-refractivity contribution in [2.45, 2.75) is 0 Å². The average molecular weight is 244 g/mol. The second kappa shape index (κ2) is 6.92. The van der Waals surface area contributed by atoms with Gasteiger partial charge in [-0.2, -0.15) is 0 Å². The van der Waals surface area contributed by atoms with Crippen LogP contribution in [0.5, 0.6) is 0 Å². The molecule has 0 radical (unpaired) electrons. The number of esters is 2. The highest BCUT2D eigenvalue weighted by molar-refractivity contribution is 5.89. The lowest BCUT2D eigenvalue weighted by Gasteiger charge is -1.94. The van der Waals surface area contributed by atoms with Crippen LogP contribution in [0.25, 0.3) is 6.08 Å². The van der Waals surface area contributed by atoms with Crippen molar-refractivity contribution < 1.29 is 19.1 Å². The molecule has 0 spiro atoms. The summed E-state index contributed by atoms with van der Waals surface area (Å²) in [6.07, 6.45) is 2.96. The number of ether oxygens (including phenoxy) is 2. The van der Waals surface area contributed by atoms with Crippen LogP contribution in [-0.4, -0.2) is 26.2 Å². The highest BCUT2D eigenvalue weighted by Crippen LogP contribution is 2.05. The summed E-state index contributed by atoms with van der Waals surface area (Å²) in [7, 11) is 2.59. The van der Waals surface area contributed by atoms with Crippen LogP contribution < -0.4 is 0 Å². The Morgan fingerprint density at radius 1 is 1.11 bits per heavy atom. The van der Waals surface area contributed by atoms with Gasteiger partial charge in [-0.1, -0.05) is 18.1 Å². The van der Waals surface area contributed by atoms with E-state index < -0.39 is 11.9 Å². The molecule has 0 atom stereocenters. The predicted molar refractivity (Wildman–Crippen MR) is 66.4 cm³/mol. The summed E-state index contributed by atoms with van der Waals surface area (Å²) in [5.41, 5.74) is 1.53. The Bertz CT molecular complexity index is 515. The average Bonchev–Trinajstić information content (AvgIpc) is 2.43. The third-order valence-electron chi connectivity index (χ3n) is 2.02. The maximum atomic E-state index is 10.9. The molecule has 0 amide bonds. The smallest absolute Gasteiger partial charge is 0.384 e. The minimum atomic E-state index is -0.579. The van der Waals surface area contributed by atoms with Crippen LogP contribution in [0, 0.1) is 11.8 Å². The topological polar surface area (TPSA) is 52.6 Å². The number of carbonyl (C=O) groups is 2. The van der Waals surface area contributed by atoms with Gasteiger partial charge < -0.3 is 9.47 Å². The zero-order valence-electron chi connectivity index (χ0n) is 10.1. The first-order valence-electron chi connectivity index (χ1n) is 5.12. The van der Waals surface area contributed by atoms with E-state index in [0.717, 1.165) is 5.56 Å². The molecule has 0 fully saturated rings. The van der Waals surface area contributed by atoms with Crippen LogP contribution in [0.2, 0.25) is 0 Å². The van der Waals surface area contributed by atoms with Crippen LogP contribution in [-0.2, 0) is 19.1 Å². The van der Waals surface area contributed by atoms with Gasteiger partial charge >= 0.3 is 11.9 Å². The van der Waals surface area contributed by atoms with Gasteiger partial charge in [0.25, 0.3) is 0 Å². The molecule has 0 N–H and O–H groups in total. The monoisotopic (exact) mass is 244 g/mol. The first kappa shape index (κ1) is 13.5. The predicted octanol–water partition coefficient (Wildman–Crippen LogP) is 1.40. The first-order chi connectivity index (χ1) is 8.65. The third-order valence-corrected chi connectivity index (χ3v) is 2.02. The molecular formula is C14H12O4. The lowest BCUT2D eigenvalue weighted by molar-refractivity contribution is -0.135. The van der Waals surface area contributed by atoms with Crippen molar-refractivity contribution in [3.05, 3.63) is 41.5 Å². The number of hydrogen-bond acceptors (Lipinski definition) is 4. The molecule has 0 saturated carbocycles. The summed E-state index contributed by atoms with van der Waals surface area (Å²) >= 11 is 0. The van der Waals surface area contributed by atoms with Gasteiger partial charge in [0, 0.05) is 17.6 Å². The largest absolute Gasteiger partial charge is 0.466 e. The molecule has 0 unspecified atom stereocenters. The molecule has 1 aromatic rings. The standard InChI is InChI=1S/C14H12O4/c1-17-13(15)9-7-11-3-5-12(6-4-11)8-10-14(16)18-2/h3-7,9H,1-2H3/b9-7+. The van der Waals surface area contributed by atoms with Crippen molar-refractivity contribution >= 4 is 18.0 Å². The van der Waals surface area contributed by atoms with Gasteiger partial charge in [0.2, 0.25) is 0 Å². The molecular weight excluding hydrogens is 232 g/mol. The molecule has 92 valence electrons. The molecule has 0 aliphatic carbocycles. The van der Waals surface area contributed by atoms with Crippen LogP contribution in [0.15, 0.2) is 30.3 Å². The summed E-state index contributed by atoms with van der Waals surface area (Å²) in [5.74, 6) is 3.99. The lowest BCUT2D eigenvalue weighted by Crippen LogP contribution is -1.94. The normalized spacial score (nSPS) is 9.44.